The van der Waals surface area contributed by atoms with Crippen LogP contribution in [0.5, 0.6) is 5.75 Å². The van der Waals surface area contributed by atoms with Crippen molar-refractivity contribution in [2.75, 3.05) is 13.7 Å². The third-order valence-corrected chi connectivity index (χ3v) is 5.52. The van der Waals surface area contributed by atoms with Gasteiger partial charge < -0.3 is 14.8 Å². The van der Waals surface area contributed by atoms with Gasteiger partial charge in [-0.25, -0.2) is 9.78 Å². The first-order valence-corrected chi connectivity index (χ1v) is 9.93. The summed E-state index contributed by atoms with van der Waals surface area (Å²) in [5, 5.41) is 3.53. The maximum atomic E-state index is 12.4. The van der Waals surface area contributed by atoms with Crippen molar-refractivity contribution in [1.82, 2.24) is 10.3 Å². The lowest BCUT2D eigenvalue weighted by Crippen LogP contribution is -2.31. The van der Waals surface area contributed by atoms with Crippen molar-refractivity contribution in [2.45, 2.75) is 19.9 Å². The third-order valence-electron chi connectivity index (χ3n) is 4.33. The van der Waals surface area contributed by atoms with Crippen LogP contribution in [0.3, 0.4) is 0 Å². The van der Waals surface area contributed by atoms with E-state index in [-0.39, 0.29) is 18.6 Å². The van der Waals surface area contributed by atoms with Crippen LogP contribution in [0.1, 0.15) is 33.9 Å². The fraction of sp³-hybridized carbons (Fsp3) is 0.227. The summed E-state index contributed by atoms with van der Waals surface area (Å²) in [6, 6.07) is 16.8. The molecule has 0 spiro atoms. The van der Waals surface area contributed by atoms with Crippen LogP contribution in [0.15, 0.2) is 54.6 Å². The van der Waals surface area contributed by atoms with E-state index < -0.39 is 5.97 Å². The Morgan fingerprint density at radius 2 is 1.79 bits per heavy atom. The number of aromatic nitrogens is 1. The predicted octanol–water partition coefficient (Wildman–Crippen LogP) is 4.16. The van der Waals surface area contributed by atoms with Crippen molar-refractivity contribution in [3.63, 3.8) is 0 Å². The van der Waals surface area contributed by atoms with Crippen LogP contribution >= 0.6 is 11.3 Å². The van der Waals surface area contributed by atoms with Gasteiger partial charge in [-0.05, 0) is 43.7 Å². The molecule has 0 unspecified atom stereocenters. The molecule has 1 heterocycles. The van der Waals surface area contributed by atoms with E-state index in [9.17, 15) is 9.59 Å². The van der Waals surface area contributed by atoms with E-state index in [0.29, 0.717) is 15.6 Å². The predicted molar refractivity (Wildman–Crippen MR) is 112 cm³/mol. The number of benzene rings is 2. The minimum atomic E-state index is -0.553. The van der Waals surface area contributed by atoms with Crippen LogP contribution in [-0.4, -0.2) is 30.6 Å². The van der Waals surface area contributed by atoms with Crippen LogP contribution in [0.2, 0.25) is 0 Å². The lowest BCUT2D eigenvalue weighted by molar-refractivity contribution is -0.124. The average molecular weight is 410 g/mol. The summed E-state index contributed by atoms with van der Waals surface area (Å²) in [5.74, 6) is -0.160. The number of carbonyl (C=O) groups excluding carboxylic acids is 2. The van der Waals surface area contributed by atoms with Crippen LogP contribution in [0.25, 0.3) is 10.6 Å². The zero-order valence-electron chi connectivity index (χ0n) is 16.5. The Morgan fingerprint density at radius 1 is 1.10 bits per heavy atom. The van der Waals surface area contributed by atoms with Crippen LogP contribution in [-0.2, 0) is 9.53 Å². The van der Waals surface area contributed by atoms with Crippen LogP contribution in [0, 0.1) is 6.92 Å². The molecule has 0 aliphatic carbocycles. The number of amides is 1. The summed E-state index contributed by atoms with van der Waals surface area (Å²) in [6.07, 6.45) is 0. The molecule has 0 saturated carbocycles. The molecule has 1 N–H and O–H groups in total. The second-order valence-corrected chi connectivity index (χ2v) is 7.44. The molecule has 1 atom stereocenters. The normalized spacial score (nSPS) is 11.6. The summed E-state index contributed by atoms with van der Waals surface area (Å²) < 4.78 is 10.3. The highest BCUT2D eigenvalue weighted by atomic mass is 32.1. The van der Waals surface area contributed by atoms with Crippen molar-refractivity contribution in [3.8, 4) is 16.3 Å². The van der Waals surface area contributed by atoms with Crippen LogP contribution < -0.4 is 10.1 Å². The molecular weight excluding hydrogens is 388 g/mol. The number of rotatable bonds is 7. The Labute approximate surface area is 173 Å². The average Bonchev–Trinajstić information content (AvgIpc) is 3.14. The molecule has 0 aliphatic heterocycles. The fourth-order valence-electron chi connectivity index (χ4n) is 2.75. The maximum Gasteiger partial charge on any atom is 0.350 e. The number of ether oxygens (including phenoxy) is 2. The van der Waals surface area contributed by atoms with E-state index in [2.05, 4.69) is 10.3 Å². The van der Waals surface area contributed by atoms with E-state index in [1.54, 1.807) is 14.0 Å². The molecule has 0 saturated heterocycles. The molecule has 0 radical (unpaired) electrons. The Kier molecular flexibility index (Phi) is 6.61. The summed E-state index contributed by atoms with van der Waals surface area (Å²) in [4.78, 5) is 29.4. The highest BCUT2D eigenvalue weighted by Gasteiger charge is 2.19. The Morgan fingerprint density at radius 3 is 2.45 bits per heavy atom. The van der Waals surface area contributed by atoms with Crippen molar-refractivity contribution in [3.05, 3.63) is 70.7 Å². The molecule has 6 nitrogen and oxygen atoms in total. The van der Waals surface area contributed by atoms with Gasteiger partial charge in [0.15, 0.2) is 6.61 Å². The molecule has 0 fully saturated rings. The van der Waals surface area contributed by atoms with E-state index in [4.69, 9.17) is 9.47 Å². The van der Waals surface area contributed by atoms with Gasteiger partial charge in [0.05, 0.1) is 18.8 Å². The monoisotopic (exact) mass is 410 g/mol. The number of nitrogens with zero attached hydrogens (tertiary/aromatic N) is 1. The first-order valence-electron chi connectivity index (χ1n) is 9.11. The largest absolute Gasteiger partial charge is 0.497 e. The second kappa shape index (κ2) is 9.34. The number of carbonyl (C=O) groups is 2. The Hall–Kier alpha value is -3.19. The number of hydrogen-bond donors (Lipinski definition) is 1. The molecule has 2 aromatic carbocycles. The zero-order valence-corrected chi connectivity index (χ0v) is 17.3. The summed E-state index contributed by atoms with van der Waals surface area (Å²) in [5.41, 5.74) is 2.44. The van der Waals surface area contributed by atoms with Crippen molar-refractivity contribution in [1.29, 1.82) is 0 Å². The first kappa shape index (κ1) is 20.5. The Balaban J connectivity index is 1.59. The molecule has 3 aromatic rings. The third kappa shape index (κ3) is 5.20. The number of hydrogen-bond acceptors (Lipinski definition) is 6. The van der Waals surface area contributed by atoms with E-state index in [1.165, 1.54) is 11.3 Å². The van der Waals surface area contributed by atoms with Crippen molar-refractivity contribution >= 4 is 23.2 Å². The molecule has 1 aromatic heterocycles. The highest BCUT2D eigenvalue weighted by Crippen LogP contribution is 2.29. The topological polar surface area (TPSA) is 77.5 Å². The minimum absolute atomic E-state index is 0.172. The summed E-state index contributed by atoms with van der Waals surface area (Å²) in [7, 11) is 1.60. The molecular formula is C22H22N2O4S. The summed E-state index contributed by atoms with van der Waals surface area (Å²) in [6.45, 7) is 3.28. The fourth-order valence-corrected chi connectivity index (χ4v) is 3.71. The quantitative estimate of drug-likeness (QED) is 0.592. The Bertz CT molecular complexity index is 984. The van der Waals surface area contributed by atoms with Gasteiger partial charge in [-0.3, -0.25) is 4.79 Å². The molecule has 0 bridgehead atoms. The van der Waals surface area contributed by atoms with Crippen LogP contribution in [0.4, 0.5) is 0 Å². The van der Waals surface area contributed by atoms with Gasteiger partial charge in [0.2, 0.25) is 0 Å². The van der Waals surface area contributed by atoms with Gasteiger partial charge in [0, 0.05) is 5.56 Å². The minimum Gasteiger partial charge on any atom is -0.497 e. The van der Waals surface area contributed by atoms with Crippen molar-refractivity contribution in [2.24, 2.45) is 0 Å². The SMILES string of the molecule is COc1ccc(-c2nc(C)c(C(=O)OCC(=O)N[C@H](C)c3ccccc3)s2)cc1. The first-order chi connectivity index (χ1) is 14.0. The van der Waals surface area contributed by atoms with Gasteiger partial charge in [0.25, 0.3) is 5.91 Å². The van der Waals surface area contributed by atoms with Crippen molar-refractivity contribution < 1.29 is 19.1 Å². The lowest BCUT2D eigenvalue weighted by atomic mass is 10.1. The van der Waals surface area contributed by atoms with Gasteiger partial charge in [0.1, 0.15) is 15.6 Å². The van der Waals surface area contributed by atoms with E-state index >= 15 is 0 Å². The lowest BCUT2D eigenvalue weighted by Gasteiger charge is -2.14. The second-order valence-electron chi connectivity index (χ2n) is 6.44. The number of nitrogens with one attached hydrogen (secondary N) is 1. The molecule has 150 valence electrons. The van der Waals surface area contributed by atoms with Gasteiger partial charge in [-0.2, -0.15) is 0 Å². The van der Waals surface area contributed by atoms with Gasteiger partial charge >= 0.3 is 5.97 Å². The standard InChI is InChI=1S/C22H22N2O4S/c1-14(16-7-5-4-6-8-16)23-19(25)13-28-22(26)20-15(2)24-21(29-20)17-9-11-18(27-3)12-10-17/h4-12,14H,13H2,1-3H3,(H,23,25)/t14-/m1/s1. The molecule has 7 heteroatoms. The molecule has 29 heavy (non-hydrogen) atoms. The maximum absolute atomic E-state index is 12.4. The molecule has 3 rings (SSSR count). The molecule has 0 aliphatic rings. The highest BCUT2D eigenvalue weighted by molar-refractivity contribution is 7.17. The smallest absolute Gasteiger partial charge is 0.350 e. The van der Waals surface area contributed by atoms with E-state index in [1.807, 2.05) is 61.5 Å². The van der Waals surface area contributed by atoms with Gasteiger partial charge in [-0.1, -0.05) is 30.3 Å². The number of esters is 1. The number of aryl methyl sites for hydroxylation is 1. The molecule has 1 amide bonds. The van der Waals surface area contributed by atoms with E-state index in [0.717, 1.165) is 16.9 Å². The number of methoxy groups -OCH3 is 1. The van der Waals surface area contributed by atoms with Gasteiger partial charge in [-0.15, -0.1) is 11.3 Å². The number of thiazole rings is 1. The summed E-state index contributed by atoms with van der Waals surface area (Å²) >= 11 is 1.24. The zero-order chi connectivity index (χ0) is 20.8.